The predicted molar refractivity (Wildman–Crippen MR) is 192 cm³/mol. The number of nitrogens with one attached hydrogen (secondary N) is 2. The van der Waals surface area contributed by atoms with Crippen molar-refractivity contribution < 1.29 is 24.2 Å². The second kappa shape index (κ2) is 18.4. The number of carbonyl (C=O) groups is 2. The number of rotatable bonds is 16. The minimum atomic E-state index is -0.534. The summed E-state index contributed by atoms with van der Waals surface area (Å²) in [5.74, 6) is 0.00419. The van der Waals surface area contributed by atoms with Crippen LogP contribution in [0.3, 0.4) is 0 Å². The largest absolute Gasteiger partial charge is 0.392 e. The number of ether oxygens (including phenoxy) is 2. The van der Waals surface area contributed by atoms with E-state index in [0.717, 1.165) is 72.2 Å². The van der Waals surface area contributed by atoms with Gasteiger partial charge in [-0.2, -0.15) is 0 Å². The minimum Gasteiger partial charge on any atom is -0.392 e. The van der Waals surface area contributed by atoms with Crippen molar-refractivity contribution in [2.75, 3.05) is 20.1 Å². The fourth-order valence-electron chi connectivity index (χ4n) is 6.25. The third-order valence-electron chi connectivity index (χ3n) is 8.87. The third kappa shape index (κ3) is 11.1. The Kier molecular flexibility index (Phi) is 13.5. The van der Waals surface area contributed by atoms with Crippen LogP contribution in [0.15, 0.2) is 103 Å². The molecule has 8 heteroatoms. The molecule has 2 amide bonds. The highest BCUT2D eigenvalue weighted by Crippen LogP contribution is 2.39. The molecule has 0 radical (unpaired) electrons. The molecule has 1 aliphatic rings. The number of benzene rings is 4. The predicted octanol–water partition coefficient (Wildman–Crippen LogP) is 6.84. The average molecular weight is 664 g/mol. The Balaban J connectivity index is 1.23. The molecule has 0 spiro atoms. The van der Waals surface area contributed by atoms with E-state index < -0.39 is 6.29 Å². The molecule has 0 unspecified atom stereocenters. The van der Waals surface area contributed by atoms with E-state index in [2.05, 4.69) is 77.2 Å². The average Bonchev–Trinajstić information content (AvgIpc) is 3.12. The van der Waals surface area contributed by atoms with Gasteiger partial charge < -0.3 is 25.2 Å². The Morgan fingerprint density at radius 3 is 2.24 bits per heavy atom. The van der Waals surface area contributed by atoms with E-state index >= 15 is 0 Å². The Bertz CT molecular complexity index is 1610. The van der Waals surface area contributed by atoms with Crippen molar-refractivity contribution in [1.29, 1.82) is 0 Å². The number of carbonyl (C=O) groups excluding carboxylic acids is 2. The van der Waals surface area contributed by atoms with Gasteiger partial charge in [-0.15, -0.1) is 0 Å². The summed E-state index contributed by atoms with van der Waals surface area (Å²) in [5, 5.41) is 15.4. The molecule has 3 N–H and O–H groups in total. The Morgan fingerprint density at radius 1 is 0.796 bits per heavy atom. The monoisotopic (exact) mass is 663 g/mol. The van der Waals surface area contributed by atoms with Gasteiger partial charge in [-0.05, 0) is 53.3 Å². The summed E-state index contributed by atoms with van der Waals surface area (Å²) in [4.78, 5) is 25.8. The molecule has 0 aliphatic carbocycles. The quantitative estimate of drug-likeness (QED) is 0.114. The van der Waals surface area contributed by atoms with E-state index in [-0.39, 0.29) is 30.6 Å². The van der Waals surface area contributed by atoms with Crippen LogP contribution in [0.1, 0.15) is 79.2 Å². The second-order valence-corrected chi connectivity index (χ2v) is 12.9. The lowest BCUT2D eigenvalue weighted by atomic mass is 9.97. The molecule has 5 rings (SSSR count). The highest BCUT2D eigenvalue weighted by Gasteiger charge is 2.33. The number of aliphatic hydroxyl groups is 1. The van der Waals surface area contributed by atoms with Crippen LogP contribution in [0.4, 0.5) is 0 Å². The fraction of sp³-hybridized carbons (Fsp3) is 0.366. The first-order valence-corrected chi connectivity index (χ1v) is 17.3. The number of amides is 2. The molecule has 1 heterocycles. The van der Waals surface area contributed by atoms with Crippen molar-refractivity contribution in [3.05, 3.63) is 131 Å². The minimum absolute atomic E-state index is 0.00835. The SMILES string of the molecule is CC(=O)NCCCCCC(=O)NCc1ccccc1-c1ccc([C@@H]2O[C@H](CN(C)Cc3ccccc3)C[C@H](c3ccc(CO)cc3)O2)cc1. The van der Waals surface area contributed by atoms with Gasteiger partial charge in [0.25, 0.3) is 0 Å². The number of unbranched alkanes of at least 4 members (excludes halogenated alkanes) is 2. The van der Waals surface area contributed by atoms with Gasteiger partial charge in [0.15, 0.2) is 6.29 Å². The number of nitrogens with zero attached hydrogens (tertiary/aromatic N) is 1. The third-order valence-corrected chi connectivity index (χ3v) is 8.87. The van der Waals surface area contributed by atoms with Gasteiger partial charge >= 0.3 is 0 Å². The first-order chi connectivity index (χ1) is 23.9. The first kappa shape index (κ1) is 36.0. The molecule has 0 aromatic heterocycles. The summed E-state index contributed by atoms with van der Waals surface area (Å²) in [6.45, 7) is 4.21. The standard InChI is InChI=1S/C41H49N3O5/c1-30(46)42-24-10-4-7-15-40(47)43-26-36-13-8-9-14-38(36)33-20-22-35(23-21-33)41-48-37(28-44(2)27-31-11-5-3-6-12-31)25-39(49-41)34-18-16-32(29-45)17-19-34/h3,5-6,8-9,11-14,16-23,37,39,41,45H,4,7,10,15,24-29H2,1-2H3,(H,42,46)(H,43,47)/t37-,39+,41+/m0/s1. The summed E-state index contributed by atoms with van der Waals surface area (Å²) in [5.41, 5.74) is 7.31. The Morgan fingerprint density at radius 2 is 1.51 bits per heavy atom. The van der Waals surface area contributed by atoms with Crippen LogP contribution in [0.25, 0.3) is 11.1 Å². The van der Waals surface area contributed by atoms with E-state index in [1.807, 2.05) is 48.5 Å². The zero-order valence-electron chi connectivity index (χ0n) is 28.6. The Labute approximate surface area is 290 Å². The first-order valence-electron chi connectivity index (χ1n) is 17.3. The smallest absolute Gasteiger partial charge is 0.220 e. The van der Waals surface area contributed by atoms with Crippen LogP contribution >= 0.6 is 0 Å². The van der Waals surface area contributed by atoms with Crippen molar-refractivity contribution in [2.45, 2.75) is 77.2 Å². The lowest BCUT2D eigenvalue weighted by Crippen LogP contribution is -2.37. The van der Waals surface area contributed by atoms with Gasteiger partial charge in [-0.3, -0.25) is 14.5 Å². The molecule has 4 aromatic rings. The number of aliphatic hydroxyl groups excluding tert-OH is 1. The normalized spacial score (nSPS) is 17.5. The zero-order valence-corrected chi connectivity index (χ0v) is 28.6. The van der Waals surface area contributed by atoms with Crippen LogP contribution in [-0.2, 0) is 38.8 Å². The van der Waals surface area contributed by atoms with Crippen LogP contribution in [0.2, 0.25) is 0 Å². The zero-order chi connectivity index (χ0) is 34.4. The maximum atomic E-state index is 12.5. The molecule has 1 fully saturated rings. The fourth-order valence-corrected chi connectivity index (χ4v) is 6.25. The highest BCUT2D eigenvalue weighted by atomic mass is 16.7. The van der Waals surface area contributed by atoms with Gasteiger partial charge in [-0.25, -0.2) is 0 Å². The molecule has 8 nitrogen and oxygen atoms in total. The van der Waals surface area contributed by atoms with Crippen molar-refractivity contribution >= 4 is 11.8 Å². The molecular weight excluding hydrogens is 614 g/mol. The van der Waals surface area contributed by atoms with E-state index in [9.17, 15) is 14.7 Å². The van der Waals surface area contributed by atoms with E-state index in [4.69, 9.17) is 9.47 Å². The van der Waals surface area contributed by atoms with Gasteiger partial charge in [0.05, 0.1) is 18.8 Å². The maximum absolute atomic E-state index is 12.5. The number of likely N-dealkylation sites (N-methyl/N-ethyl adjacent to an activating group) is 1. The van der Waals surface area contributed by atoms with Crippen molar-refractivity contribution in [2.24, 2.45) is 0 Å². The lowest BCUT2D eigenvalue weighted by Gasteiger charge is -2.38. The summed E-state index contributed by atoms with van der Waals surface area (Å²) in [7, 11) is 2.12. The van der Waals surface area contributed by atoms with Crippen LogP contribution < -0.4 is 10.6 Å². The summed E-state index contributed by atoms with van der Waals surface area (Å²) >= 11 is 0. The van der Waals surface area contributed by atoms with Crippen LogP contribution in [-0.4, -0.2) is 48.1 Å². The van der Waals surface area contributed by atoms with Crippen molar-refractivity contribution in [3.63, 3.8) is 0 Å². The summed E-state index contributed by atoms with van der Waals surface area (Å²) < 4.78 is 13.2. The molecule has 3 atom stereocenters. The summed E-state index contributed by atoms with van der Waals surface area (Å²) in [6, 6.07) is 34.9. The number of hydrogen-bond acceptors (Lipinski definition) is 6. The number of hydrogen-bond donors (Lipinski definition) is 3. The van der Waals surface area contributed by atoms with Crippen molar-refractivity contribution in [1.82, 2.24) is 15.5 Å². The molecule has 1 aliphatic heterocycles. The molecule has 1 saturated heterocycles. The van der Waals surface area contributed by atoms with Gasteiger partial charge in [-0.1, -0.05) is 110 Å². The second-order valence-electron chi connectivity index (χ2n) is 12.9. The van der Waals surface area contributed by atoms with E-state index in [0.29, 0.717) is 19.5 Å². The topological polar surface area (TPSA) is 100 Å². The van der Waals surface area contributed by atoms with E-state index in [1.165, 1.54) is 12.5 Å². The van der Waals surface area contributed by atoms with Crippen LogP contribution in [0, 0.1) is 0 Å². The molecule has 0 saturated carbocycles. The molecule has 0 bridgehead atoms. The molecular formula is C41H49N3O5. The van der Waals surface area contributed by atoms with Crippen molar-refractivity contribution in [3.8, 4) is 11.1 Å². The van der Waals surface area contributed by atoms with Gasteiger partial charge in [0.1, 0.15) is 0 Å². The van der Waals surface area contributed by atoms with Gasteiger partial charge in [0.2, 0.25) is 11.8 Å². The lowest BCUT2D eigenvalue weighted by molar-refractivity contribution is -0.252. The van der Waals surface area contributed by atoms with Gasteiger partial charge in [0, 0.05) is 51.5 Å². The highest BCUT2D eigenvalue weighted by molar-refractivity contribution is 5.76. The van der Waals surface area contributed by atoms with E-state index in [1.54, 1.807) is 0 Å². The Hall–Kier alpha value is -4.34. The molecule has 258 valence electrons. The maximum Gasteiger partial charge on any atom is 0.220 e. The van der Waals surface area contributed by atoms with Crippen LogP contribution in [0.5, 0.6) is 0 Å². The molecule has 4 aromatic carbocycles. The molecule has 49 heavy (non-hydrogen) atoms. The summed E-state index contributed by atoms with van der Waals surface area (Å²) in [6.07, 6.45) is 3.02.